The normalized spacial score (nSPS) is 17.9. The Hall–Kier alpha value is -3.42. The van der Waals surface area contributed by atoms with Crippen LogP contribution in [0.3, 0.4) is 0 Å². The monoisotopic (exact) mass is 598 g/mol. The summed E-state index contributed by atoms with van der Waals surface area (Å²) in [4.78, 5) is 24.1. The summed E-state index contributed by atoms with van der Waals surface area (Å²) in [6.07, 6.45) is 0.307. The number of hydrogen-bond donors (Lipinski definition) is 0. The van der Waals surface area contributed by atoms with Crippen molar-refractivity contribution in [3.8, 4) is 0 Å². The van der Waals surface area contributed by atoms with Crippen LogP contribution in [-0.4, -0.2) is 69.2 Å². The van der Waals surface area contributed by atoms with Gasteiger partial charge in [0.2, 0.25) is 20.0 Å². The fourth-order valence-corrected chi connectivity index (χ4v) is 8.27. The highest BCUT2D eigenvalue weighted by Crippen LogP contribution is 2.39. The van der Waals surface area contributed by atoms with E-state index in [4.69, 9.17) is 9.47 Å². The molecule has 0 atom stereocenters. The molecule has 0 amide bonds. The number of hydrogen-bond acceptors (Lipinski definition) is 8. The summed E-state index contributed by atoms with van der Waals surface area (Å²) in [5.41, 5.74) is 0.323. The van der Waals surface area contributed by atoms with Crippen LogP contribution in [0.15, 0.2) is 88.7 Å². The van der Waals surface area contributed by atoms with Crippen molar-refractivity contribution in [2.45, 2.75) is 41.9 Å². The van der Waals surface area contributed by atoms with E-state index >= 15 is 0 Å². The summed E-state index contributed by atoms with van der Waals surface area (Å²) in [7, 11) is -7.84. The van der Waals surface area contributed by atoms with Gasteiger partial charge in [-0.05, 0) is 48.9 Å². The minimum Gasteiger partial charge on any atom is -0.457 e. The van der Waals surface area contributed by atoms with Gasteiger partial charge in [-0.1, -0.05) is 42.5 Å². The van der Waals surface area contributed by atoms with Gasteiger partial charge in [-0.3, -0.25) is 4.79 Å². The number of carbonyl (C=O) groups is 2. The molecule has 10 nitrogen and oxygen atoms in total. The maximum atomic E-state index is 13.5. The number of ether oxygens (including phenoxy) is 2. The molecule has 2 saturated heterocycles. The van der Waals surface area contributed by atoms with Gasteiger partial charge in [0.1, 0.15) is 12.3 Å². The predicted molar refractivity (Wildman–Crippen MR) is 149 cm³/mol. The zero-order valence-electron chi connectivity index (χ0n) is 22.4. The summed E-state index contributed by atoms with van der Waals surface area (Å²) < 4.78 is 67.6. The maximum Gasteiger partial charge on any atom is 0.338 e. The lowest BCUT2D eigenvalue weighted by molar-refractivity contribution is -0.0806. The molecule has 3 aromatic rings. The third kappa shape index (κ3) is 5.84. The largest absolute Gasteiger partial charge is 0.457 e. The van der Waals surface area contributed by atoms with Crippen molar-refractivity contribution >= 4 is 31.8 Å². The lowest BCUT2D eigenvalue weighted by Gasteiger charge is -2.42. The van der Waals surface area contributed by atoms with Gasteiger partial charge in [-0.2, -0.15) is 8.61 Å². The van der Waals surface area contributed by atoms with Crippen molar-refractivity contribution in [3.63, 3.8) is 0 Å². The molecule has 1 spiro atoms. The van der Waals surface area contributed by atoms with Crippen LogP contribution >= 0.6 is 0 Å². The van der Waals surface area contributed by atoms with E-state index in [1.54, 1.807) is 0 Å². The number of Topliss-reactive ketones (excluding diaryl/α,β-unsaturated/α-hetero) is 1. The van der Waals surface area contributed by atoms with E-state index in [9.17, 15) is 26.4 Å². The molecule has 0 N–H and O–H groups in total. The Labute approximate surface area is 239 Å². The van der Waals surface area contributed by atoms with Gasteiger partial charge in [-0.15, -0.1) is 0 Å². The Balaban J connectivity index is 1.25. The Bertz CT molecular complexity index is 1630. The first-order valence-electron chi connectivity index (χ1n) is 13.1. The first kappa shape index (κ1) is 29.1. The van der Waals surface area contributed by atoms with Gasteiger partial charge < -0.3 is 9.47 Å². The summed E-state index contributed by atoms with van der Waals surface area (Å²) in [6.45, 7) is 1.96. The molecule has 41 heavy (non-hydrogen) atoms. The van der Waals surface area contributed by atoms with E-state index in [0.717, 1.165) is 5.56 Å². The lowest BCUT2D eigenvalue weighted by Crippen LogP contribution is -2.55. The second kappa shape index (κ2) is 11.5. The number of carbonyl (C=O) groups excluding carboxylic acids is 2. The number of ketones is 1. The smallest absolute Gasteiger partial charge is 0.338 e. The zero-order valence-corrected chi connectivity index (χ0v) is 24.1. The fraction of sp³-hybridized carbons (Fsp3) is 0.310. The zero-order chi connectivity index (χ0) is 29.3. The van der Waals surface area contributed by atoms with Crippen LogP contribution in [0.4, 0.5) is 0 Å². The molecule has 2 aliphatic heterocycles. The summed E-state index contributed by atoms with van der Waals surface area (Å²) in [6, 6.07) is 20.5. The minimum absolute atomic E-state index is 0.0236. The van der Waals surface area contributed by atoms with Crippen LogP contribution in [0, 0.1) is 0 Å². The van der Waals surface area contributed by atoms with E-state index in [1.807, 2.05) is 30.3 Å². The average Bonchev–Trinajstić information content (AvgIpc) is 3.40. The van der Waals surface area contributed by atoms with Gasteiger partial charge in [0.25, 0.3) is 0 Å². The van der Waals surface area contributed by atoms with Gasteiger partial charge in [0, 0.05) is 38.0 Å². The molecule has 216 valence electrons. The number of nitrogens with zero attached hydrogens (tertiary/aromatic N) is 2. The second-order valence-electron chi connectivity index (χ2n) is 9.94. The van der Waals surface area contributed by atoms with Crippen LogP contribution in [-0.2, 0) is 36.1 Å². The summed E-state index contributed by atoms with van der Waals surface area (Å²) in [5, 5.41) is 0. The number of sulfonamides is 2. The molecule has 2 aliphatic rings. The van der Waals surface area contributed by atoms with E-state index in [-0.39, 0.29) is 66.8 Å². The number of benzene rings is 3. The summed E-state index contributed by atoms with van der Waals surface area (Å²) >= 11 is 0. The third-order valence-electron chi connectivity index (χ3n) is 7.41. The van der Waals surface area contributed by atoms with E-state index in [1.165, 1.54) is 64.1 Å². The van der Waals surface area contributed by atoms with Crippen LogP contribution in [0.5, 0.6) is 0 Å². The molecular weight excluding hydrogens is 568 g/mol. The standard InChI is InChI=1S/C29H30N2O8S2/c1-22(32)24-7-11-27(12-8-24)41(36,37)31-19-20-39-29(31)15-17-30(18-16-29)40(34,35)26-13-9-25(10-14-26)28(33)38-21-23-5-3-2-4-6-23/h2-14H,15-21H2,1H3. The van der Waals surface area contributed by atoms with Crippen molar-refractivity contribution in [3.05, 3.63) is 95.6 Å². The molecule has 5 rings (SSSR count). The van der Waals surface area contributed by atoms with Gasteiger partial charge in [0.05, 0.1) is 22.0 Å². The number of piperidine rings is 1. The van der Waals surface area contributed by atoms with Crippen molar-refractivity contribution in [1.82, 2.24) is 8.61 Å². The number of esters is 1. The van der Waals surface area contributed by atoms with Crippen molar-refractivity contribution < 1.29 is 35.9 Å². The highest BCUT2D eigenvalue weighted by Gasteiger charge is 2.51. The molecule has 0 aromatic heterocycles. The Morgan fingerprint density at radius 3 is 1.93 bits per heavy atom. The quantitative estimate of drug-likeness (QED) is 0.285. The average molecular weight is 599 g/mol. The maximum absolute atomic E-state index is 13.5. The third-order valence-corrected chi connectivity index (χ3v) is 11.3. The first-order valence-corrected chi connectivity index (χ1v) is 16.0. The van der Waals surface area contributed by atoms with Crippen LogP contribution < -0.4 is 0 Å². The van der Waals surface area contributed by atoms with Crippen LogP contribution in [0.2, 0.25) is 0 Å². The molecule has 12 heteroatoms. The van der Waals surface area contributed by atoms with Crippen molar-refractivity contribution in [1.29, 1.82) is 0 Å². The van der Waals surface area contributed by atoms with Crippen molar-refractivity contribution in [2.75, 3.05) is 26.2 Å². The molecular formula is C29H30N2O8S2. The Kier molecular flexibility index (Phi) is 8.13. The highest BCUT2D eigenvalue weighted by molar-refractivity contribution is 7.89. The summed E-state index contributed by atoms with van der Waals surface area (Å²) in [5.74, 6) is -0.727. The van der Waals surface area contributed by atoms with Crippen LogP contribution in [0.1, 0.15) is 46.0 Å². The van der Waals surface area contributed by atoms with E-state index in [0.29, 0.717) is 5.56 Å². The molecule has 0 radical (unpaired) electrons. The topological polar surface area (TPSA) is 127 Å². The molecule has 0 unspecified atom stereocenters. The Morgan fingerprint density at radius 2 is 1.34 bits per heavy atom. The molecule has 0 aliphatic carbocycles. The van der Waals surface area contributed by atoms with E-state index < -0.39 is 31.7 Å². The SMILES string of the molecule is CC(=O)c1ccc(S(=O)(=O)N2CCOC23CCN(S(=O)(=O)c2ccc(C(=O)OCc4ccccc4)cc2)CC3)cc1. The van der Waals surface area contributed by atoms with Gasteiger partial charge >= 0.3 is 5.97 Å². The lowest BCUT2D eigenvalue weighted by atomic mass is 10.0. The van der Waals surface area contributed by atoms with Gasteiger partial charge in [0.15, 0.2) is 5.78 Å². The molecule has 0 bridgehead atoms. The van der Waals surface area contributed by atoms with E-state index in [2.05, 4.69) is 0 Å². The molecule has 0 saturated carbocycles. The Morgan fingerprint density at radius 1 is 0.780 bits per heavy atom. The molecule has 2 fully saturated rings. The van der Waals surface area contributed by atoms with Crippen LogP contribution in [0.25, 0.3) is 0 Å². The first-order chi connectivity index (χ1) is 19.5. The predicted octanol–water partition coefficient (Wildman–Crippen LogP) is 3.45. The number of rotatable bonds is 8. The molecule has 3 aromatic carbocycles. The van der Waals surface area contributed by atoms with Crippen molar-refractivity contribution in [2.24, 2.45) is 0 Å². The highest BCUT2D eigenvalue weighted by atomic mass is 32.2. The molecule has 2 heterocycles. The van der Waals surface area contributed by atoms with Gasteiger partial charge in [-0.25, -0.2) is 21.6 Å². The fourth-order valence-electron chi connectivity index (χ4n) is 5.11. The minimum atomic E-state index is -3.94. The second-order valence-corrected chi connectivity index (χ2v) is 13.7.